The van der Waals surface area contributed by atoms with Gasteiger partial charge in [0, 0.05) is 36.7 Å². The maximum atomic E-state index is 12.9. The van der Waals surface area contributed by atoms with E-state index < -0.39 is 5.41 Å². The molecule has 0 radical (unpaired) electrons. The van der Waals surface area contributed by atoms with Crippen LogP contribution in [-0.2, 0) is 11.3 Å². The van der Waals surface area contributed by atoms with Gasteiger partial charge in [-0.25, -0.2) is 0 Å². The van der Waals surface area contributed by atoms with Gasteiger partial charge in [-0.05, 0) is 49.6 Å². The van der Waals surface area contributed by atoms with Crippen molar-refractivity contribution in [2.45, 2.75) is 33.2 Å². The third-order valence-corrected chi connectivity index (χ3v) is 5.83. The third kappa shape index (κ3) is 4.93. The summed E-state index contributed by atoms with van der Waals surface area (Å²) in [5, 5.41) is 3.04. The lowest BCUT2D eigenvalue weighted by atomic mass is 9.79. The molecule has 160 valence electrons. The first-order chi connectivity index (χ1) is 14.3. The van der Waals surface area contributed by atoms with E-state index in [1.165, 1.54) is 0 Å². The maximum Gasteiger partial charge on any atom is 0.253 e. The smallest absolute Gasteiger partial charge is 0.253 e. The number of carbonyl (C=O) groups excluding carboxylic acids is 2. The van der Waals surface area contributed by atoms with Crippen LogP contribution in [0.25, 0.3) is 0 Å². The molecule has 1 aliphatic rings. The monoisotopic (exact) mass is 410 g/mol. The van der Waals surface area contributed by atoms with Gasteiger partial charge in [0.25, 0.3) is 5.91 Å². The summed E-state index contributed by atoms with van der Waals surface area (Å²) in [4.78, 5) is 27.5. The minimum atomic E-state index is -0.494. The summed E-state index contributed by atoms with van der Waals surface area (Å²) in [5.41, 5.74) is 2.19. The van der Waals surface area contributed by atoms with Gasteiger partial charge in [0.2, 0.25) is 5.91 Å². The summed E-state index contributed by atoms with van der Waals surface area (Å²) in [6.45, 7) is 5.50. The van der Waals surface area contributed by atoms with Gasteiger partial charge in [-0.3, -0.25) is 9.59 Å². The van der Waals surface area contributed by atoms with Crippen molar-refractivity contribution >= 4 is 11.8 Å². The number of hydrogen-bond acceptors (Lipinski definition) is 4. The molecule has 0 bridgehead atoms. The second kappa shape index (κ2) is 9.20. The number of ether oxygens (including phenoxy) is 2. The molecule has 2 aromatic carbocycles. The van der Waals surface area contributed by atoms with Crippen LogP contribution in [-0.4, -0.2) is 44.0 Å². The highest BCUT2D eigenvalue weighted by Gasteiger charge is 2.38. The van der Waals surface area contributed by atoms with E-state index in [0.29, 0.717) is 49.5 Å². The van der Waals surface area contributed by atoms with Crippen molar-refractivity contribution in [2.75, 3.05) is 27.3 Å². The molecule has 1 N–H and O–H groups in total. The lowest BCUT2D eigenvalue weighted by Crippen LogP contribution is -2.48. The second-order valence-electron chi connectivity index (χ2n) is 8.13. The van der Waals surface area contributed by atoms with Crippen LogP contribution in [0.15, 0.2) is 42.5 Å². The summed E-state index contributed by atoms with van der Waals surface area (Å²) in [5.74, 6) is 1.41. The number of carbonyl (C=O) groups is 2. The van der Waals surface area contributed by atoms with E-state index in [9.17, 15) is 9.59 Å². The number of nitrogens with one attached hydrogen (secondary N) is 1. The largest absolute Gasteiger partial charge is 0.497 e. The Hall–Kier alpha value is -3.02. The van der Waals surface area contributed by atoms with E-state index in [1.807, 2.05) is 55.1 Å². The molecule has 1 saturated heterocycles. The Morgan fingerprint density at radius 3 is 2.23 bits per heavy atom. The molecule has 2 amide bonds. The van der Waals surface area contributed by atoms with Crippen molar-refractivity contribution in [3.63, 3.8) is 0 Å². The molecule has 0 saturated carbocycles. The zero-order valence-corrected chi connectivity index (χ0v) is 18.2. The van der Waals surface area contributed by atoms with Crippen LogP contribution in [0.2, 0.25) is 0 Å². The van der Waals surface area contributed by atoms with E-state index in [2.05, 4.69) is 5.32 Å². The summed E-state index contributed by atoms with van der Waals surface area (Å²) >= 11 is 0. The third-order valence-electron chi connectivity index (χ3n) is 5.83. The zero-order chi connectivity index (χ0) is 21.7. The van der Waals surface area contributed by atoms with Crippen molar-refractivity contribution < 1.29 is 19.1 Å². The molecule has 3 rings (SSSR count). The molecule has 2 aromatic rings. The van der Waals surface area contributed by atoms with Gasteiger partial charge in [-0.15, -0.1) is 0 Å². The quantitative estimate of drug-likeness (QED) is 0.791. The van der Waals surface area contributed by atoms with E-state index in [1.54, 1.807) is 20.3 Å². The van der Waals surface area contributed by atoms with Crippen LogP contribution < -0.4 is 14.8 Å². The van der Waals surface area contributed by atoms with Gasteiger partial charge in [0.05, 0.1) is 14.2 Å². The molecular weight excluding hydrogens is 380 g/mol. The van der Waals surface area contributed by atoms with Gasteiger partial charge >= 0.3 is 0 Å². The predicted molar refractivity (Wildman–Crippen MR) is 116 cm³/mol. The Balaban J connectivity index is 1.58. The van der Waals surface area contributed by atoms with Crippen molar-refractivity contribution in [3.05, 3.63) is 59.2 Å². The lowest BCUT2D eigenvalue weighted by molar-refractivity contribution is -0.132. The number of likely N-dealkylation sites (tertiary alicyclic amines) is 1. The van der Waals surface area contributed by atoms with E-state index in [4.69, 9.17) is 9.47 Å². The Morgan fingerprint density at radius 2 is 1.67 bits per heavy atom. The lowest BCUT2D eigenvalue weighted by Gasteiger charge is -2.38. The average molecular weight is 411 g/mol. The summed E-state index contributed by atoms with van der Waals surface area (Å²) in [6, 6.07) is 13.2. The average Bonchev–Trinajstić information content (AvgIpc) is 2.77. The number of rotatable bonds is 6. The first-order valence-corrected chi connectivity index (χ1v) is 10.2. The molecule has 1 aliphatic heterocycles. The summed E-state index contributed by atoms with van der Waals surface area (Å²) < 4.78 is 10.6. The molecule has 0 aromatic heterocycles. The Kier molecular flexibility index (Phi) is 6.65. The van der Waals surface area contributed by atoms with E-state index in [0.717, 1.165) is 11.1 Å². The zero-order valence-electron chi connectivity index (χ0n) is 18.2. The summed E-state index contributed by atoms with van der Waals surface area (Å²) in [7, 11) is 3.20. The van der Waals surface area contributed by atoms with Crippen molar-refractivity contribution in [2.24, 2.45) is 5.41 Å². The molecule has 0 spiro atoms. The number of benzene rings is 2. The fourth-order valence-corrected chi connectivity index (χ4v) is 3.76. The molecule has 1 heterocycles. The van der Waals surface area contributed by atoms with Crippen molar-refractivity contribution in [1.29, 1.82) is 0 Å². The SMILES string of the molecule is COc1cc(CNC(=O)C2(C)CCN(C(=O)c3cccc(C)c3)CC2)cc(OC)c1. The van der Waals surface area contributed by atoms with Crippen LogP contribution in [0.5, 0.6) is 11.5 Å². The van der Waals surface area contributed by atoms with Crippen LogP contribution in [0.3, 0.4) is 0 Å². The van der Waals surface area contributed by atoms with Crippen LogP contribution in [0.1, 0.15) is 41.3 Å². The molecular formula is C24H30N2O4. The highest BCUT2D eigenvalue weighted by molar-refractivity contribution is 5.94. The number of aryl methyl sites for hydroxylation is 1. The number of methoxy groups -OCH3 is 2. The number of hydrogen-bond donors (Lipinski definition) is 1. The number of nitrogens with zero attached hydrogens (tertiary/aromatic N) is 1. The normalized spacial score (nSPS) is 15.4. The molecule has 1 fully saturated rings. The molecule has 0 atom stereocenters. The Bertz CT molecular complexity index is 895. The first-order valence-electron chi connectivity index (χ1n) is 10.2. The number of piperidine rings is 1. The van der Waals surface area contributed by atoms with Crippen LogP contribution >= 0.6 is 0 Å². The Labute approximate surface area is 178 Å². The maximum absolute atomic E-state index is 12.9. The molecule has 0 unspecified atom stereocenters. The first kappa shape index (κ1) is 21.7. The van der Waals surface area contributed by atoms with Gasteiger partial charge in [0.15, 0.2) is 0 Å². The standard InChI is InChI=1S/C24H30N2O4/c1-17-6-5-7-19(12-17)22(27)26-10-8-24(2,9-11-26)23(28)25-16-18-13-20(29-3)15-21(14-18)30-4/h5-7,12-15H,8-11,16H2,1-4H3,(H,25,28). The van der Waals surface area contributed by atoms with Crippen molar-refractivity contribution in [3.8, 4) is 11.5 Å². The minimum Gasteiger partial charge on any atom is -0.497 e. The molecule has 6 heteroatoms. The van der Waals surface area contributed by atoms with Gasteiger partial charge < -0.3 is 19.7 Å². The van der Waals surface area contributed by atoms with Crippen LogP contribution in [0.4, 0.5) is 0 Å². The van der Waals surface area contributed by atoms with Crippen molar-refractivity contribution in [1.82, 2.24) is 10.2 Å². The van der Waals surface area contributed by atoms with Crippen LogP contribution in [0, 0.1) is 12.3 Å². The predicted octanol–water partition coefficient (Wildman–Crippen LogP) is 3.57. The fraction of sp³-hybridized carbons (Fsp3) is 0.417. The topological polar surface area (TPSA) is 67.9 Å². The van der Waals surface area contributed by atoms with E-state index >= 15 is 0 Å². The highest BCUT2D eigenvalue weighted by atomic mass is 16.5. The summed E-state index contributed by atoms with van der Waals surface area (Å²) in [6.07, 6.45) is 1.27. The fourth-order valence-electron chi connectivity index (χ4n) is 3.76. The molecule has 6 nitrogen and oxygen atoms in total. The molecule has 30 heavy (non-hydrogen) atoms. The Morgan fingerprint density at radius 1 is 1.03 bits per heavy atom. The second-order valence-corrected chi connectivity index (χ2v) is 8.13. The van der Waals surface area contributed by atoms with E-state index in [-0.39, 0.29) is 11.8 Å². The van der Waals surface area contributed by atoms with Gasteiger partial charge in [-0.1, -0.05) is 24.6 Å². The molecule has 0 aliphatic carbocycles. The minimum absolute atomic E-state index is 0.00643. The highest BCUT2D eigenvalue weighted by Crippen LogP contribution is 2.32. The van der Waals surface area contributed by atoms with Gasteiger partial charge in [-0.2, -0.15) is 0 Å². The number of amides is 2. The van der Waals surface area contributed by atoms with Gasteiger partial charge in [0.1, 0.15) is 11.5 Å².